The maximum Gasteiger partial charge on any atom is 0.138 e. The van der Waals surface area contributed by atoms with Gasteiger partial charge in [0.05, 0.1) is 11.1 Å². The van der Waals surface area contributed by atoms with E-state index in [1.807, 2.05) is 12.1 Å². The smallest absolute Gasteiger partial charge is 0.138 e. The number of aliphatic hydroxyl groups is 1. The molecular weight excluding hydrogens is 290 g/mol. The summed E-state index contributed by atoms with van der Waals surface area (Å²) in [5.41, 5.74) is 0. The molecule has 1 aliphatic heterocycles. The monoisotopic (exact) mass is 311 g/mol. The molecular formula is C16H22ClNO3. The van der Waals surface area contributed by atoms with E-state index in [0.29, 0.717) is 29.5 Å². The summed E-state index contributed by atoms with van der Waals surface area (Å²) in [4.78, 5) is 0. The highest BCUT2D eigenvalue weighted by Crippen LogP contribution is 2.38. The molecule has 2 fully saturated rings. The summed E-state index contributed by atoms with van der Waals surface area (Å²) in [6.07, 6.45) is 3.37. The normalized spacial score (nSPS) is 26.8. The van der Waals surface area contributed by atoms with E-state index < -0.39 is 6.10 Å². The van der Waals surface area contributed by atoms with Gasteiger partial charge in [0.15, 0.2) is 0 Å². The van der Waals surface area contributed by atoms with E-state index in [9.17, 15) is 5.11 Å². The van der Waals surface area contributed by atoms with Gasteiger partial charge in [-0.2, -0.15) is 0 Å². The van der Waals surface area contributed by atoms with Crippen LogP contribution in [0.1, 0.15) is 19.3 Å². The quantitative estimate of drug-likeness (QED) is 0.811. The third-order valence-electron chi connectivity index (χ3n) is 4.11. The van der Waals surface area contributed by atoms with Crippen LogP contribution in [0.5, 0.6) is 5.75 Å². The van der Waals surface area contributed by atoms with E-state index in [-0.39, 0.29) is 6.61 Å². The van der Waals surface area contributed by atoms with E-state index in [4.69, 9.17) is 21.1 Å². The van der Waals surface area contributed by atoms with E-state index in [1.165, 1.54) is 12.8 Å². The van der Waals surface area contributed by atoms with E-state index >= 15 is 0 Å². The lowest BCUT2D eigenvalue weighted by Crippen LogP contribution is -2.42. The Bertz CT molecular complexity index is 467. The highest BCUT2D eigenvalue weighted by Gasteiger charge is 2.40. The molecule has 1 heterocycles. The fraction of sp³-hybridized carbons (Fsp3) is 0.625. The van der Waals surface area contributed by atoms with Gasteiger partial charge in [0.25, 0.3) is 0 Å². The number of aliphatic hydroxyl groups excluding tert-OH is 1. The lowest BCUT2D eigenvalue weighted by Gasteiger charge is -2.21. The minimum Gasteiger partial charge on any atom is -0.489 e. The molecule has 1 aliphatic carbocycles. The van der Waals surface area contributed by atoms with Gasteiger partial charge in [-0.05, 0) is 37.3 Å². The van der Waals surface area contributed by atoms with E-state index in [0.717, 1.165) is 18.9 Å². The van der Waals surface area contributed by atoms with Crippen LogP contribution in [0.3, 0.4) is 0 Å². The molecule has 3 rings (SSSR count). The van der Waals surface area contributed by atoms with Crippen LogP contribution in [0, 0.1) is 5.92 Å². The predicted molar refractivity (Wildman–Crippen MR) is 81.8 cm³/mol. The van der Waals surface area contributed by atoms with E-state index in [1.54, 1.807) is 12.1 Å². The Morgan fingerprint density at radius 2 is 2.14 bits per heavy atom. The Balaban J connectivity index is 1.40. The molecule has 3 unspecified atom stereocenters. The van der Waals surface area contributed by atoms with Crippen molar-refractivity contribution in [3.05, 3.63) is 29.3 Å². The lowest BCUT2D eigenvalue weighted by molar-refractivity contribution is 0.0707. The Labute approximate surface area is 130 Å². The summed E-state index contributed by atoms with van der Waals surface area (Å²) in [5.74, 6) is 1.33. The third-order valence-corrected chi connectivity index (χ3v) is 4.42. The first-order chi connectivity index (χ1) is 10.2. The summed E-state index contributed by atoms with van der Waals surface area (Å²) < 4.78 is 11.3. The van der Waals surface area contributed by atoms with Crippen molar-refractivity contribution in [2.45, 2.75) is 37.5 Å². The molecule has 0 aromatic heterocycles. The standard InChI is InChI=1S/C16H22ClNO3/c17-13-3-1-2-4-15(13)21-10-12(19)9-18-14-7-8-20-16(14)11-5-6-11/h1-4,11-12,14,16,18-19H,5-10H2. The summed E-state index contributed by atoms with van der Waals surface area (Å²) in [7, 11) is 0. The average Bonchev–Trinajstić information content (AvgIpc) is 3.23. The fourth-order valence-electron chi connectivity index (χ4n) is 2.81. The highest BCUT2D eigenvalue weighted by molar-refractivity contribution is 6.32. The minimum atomic E-state index is -0.554. The van der Waals surface area contributed by atoms with Crippen molar-refractivity contribution in [1.29, 1.82) is 0 Å². The molecule has 1 aromatic rings. The molecule has 0 bridgehead atoms. The molecule has 1 saturated carbocycles. The molecule has 5 heteroatoms. The van der Waals surface area contributed by atoms with Crippen molar-refractivity contribution < 1.29 is 14.6 Å². The Kier molecular flexibility index (Phi) is 5.01. The molecule has 0 amide bonds. The molecule has 3 atom stereocenters. The second-order valence-corrected chi connectivity index (χ2v) is 6.28. The second-order valence-electron chi connectivity index (χ2n) is 5.87. The van der Waals surface area contributed by atoms with Crippen LogP contribution in [-0.2, 0) is 4.74 Å². The number of hydrogen-bond donors (Lipinski definition) is 2. The molecule has 21 heavy (non-hydrogen) atoms. The van der Waals surface area contributed by atoms with Gasteiger partial charge in [0.1, 0.15) is 18.5 Å². The maximum atomic E-state index is 10.0. The van der Waals surface area contributed by atoms with Crippen LogP contribution in [0.2, 0.25) is 5.02 Å². The molecule has 2 aliphatic rings. The summed E-state index contributed by atoms with van der Waals surface area (Å²) in [5, 5.41) is 14.0. The van der Waals surface area contributed by atoms with Crippen LogP contribution in [0.4, 0.5) is 0 Å². The van der Waals surface area contributed by atoms with Gasteiger partial charge in [0.2, 0.25) is 0 Å². The number of para-hydroxylation sites is 1. The molecule has 2 N–H and O–H groups in total. The maximum absolute atomic E-state index is 10.0. The molecule has 0 radical (unpaired) electrons. The van der Waals surface area contributed by atoms with Gasteiger partial charge in [-0.1, -0.05) is 23.7 Å². The summed E-state index contributed by atoms with van der Waals surface area (Å²) in [6, 6.07) is 7.66. The number of nitrogens with one attached hydrogen (secondary N) is 1. The molecule has 4 nitrogen and oxygen atoms in total. The SMILES string of the molecule is OC(CNC1CCOC1C1CC1)COc1ccccc1Cl. The van der Waals surface area contributed by atoms with Gasteiger partial charge >= 0.3 is 0 Å². The van der Waals surface area contributed by atoms with Gasteiger partial charge in [-0.25, -0.2) is 0 Å². The third kappa shape index (κ3) is 4.10. The first-order valence-electron chi connectivity index (χ1n) is 7.64. The summed E-state index contributed by atoms with van der Waals surface area (Å²) >= 11 is 6.01. The van der Waals surface area contributed by atoms with Crippen molar-refractivity contribution >= 4 is 11.6 Å². The molecule has 0 spiro atoms. The zero-order chi connectivity index (χ0) is 14.7. The first-order valence-corrected chi connectivity index (χ1v) is 8.02. The van der Waals surface area contributed by atoms with Crippen LogP contribution < -0.4 is 10.1 Å². The Hall–Kier alpha value is -0.810. The van der Waals surface area contributed by atoms with Gasteiger partial charge in [0, 0.05) is 19.2 Å². The first kappa shape index (κ1) is 15.1. The lowest BCUT2D eigenvalue weighted by atomic mass is 10.1. The Morgan fingerprint density at radius 3 is 2.90 bits per heavy atom. The number of hydrogen-bond acceptors (Lipinski definition) is 4. The largest absolute Gasteiger partial charge is 0.489 e. The van der Waals surface area contributed by atoms with E-state index in [2.05, 4.69) is 5.32 Å². The van der Waals surface area contributed by atoms with Crippen LogP contribution in [-0.4, -0.2) is 43.1 Å². The van der Waals surface area contributed by atoms with Crippen LogP contribution in [0.25, 0.3) is 0 Å². The number of rotatable bonds is 7. The van der Waals surface area contributed by atoms with Gasteiger partial charge in [-0.3, -0.25) is 0 Å². The van der Waals surface area contributed by atoms with Crippen molar-refractivity contribution in [1.82, 2.24) is 5.32 Å². The minimum absolute atomic E-state index is 0.235. The van der Waals surface area contributed by atoms with Crippen LogP contribution in [0.15, 0.2) is 24.3 Å². The fourth-order valence-corrected chi connectivity index (χ4v) is 3.00. The van der Waals surface area contributed by atoms with Gasteiger partial charge < -0.3 is 19.9 Å². The van der Waals surface area contributed by atoms with Crippen LogP contribution >= 0.6 is 11.6 Å². The van der Waals surface area contributed by atoms with Crippen molar-refractivity contribution in [3.8, 4) is 5.75 Å². The number of benzene rings is 1. The summed E-state index contributed by atoms with van der Waals surface area (Å²) in [6.45, 7) is 1.57. The number of halogens is 1. The average molecular weight is 312 g/mol. The Morgan fingerprint density at radius 1 is 1.33 bits per heavy atom. The van der Waals surface area contributed by atoms with Crippen molar-refractivity contribution in [2.75, 3.05) is 19.8 Å². The predicted octanol–water partition coefficient (Wildman–Crippen LogP) is 2.24. The van der Waals surface area contributed by atoms with Crippen molar-refractivity contribution in [3.63, 3.8) is 0 Å². The van der Waals surface area contributed by atoms with Gasteiger partial charge in [-0.15, -0.1) is 0 Å². The zero-order valence-corrected chi connectivity index (χ0v) is 12.8. The van der Waals surface area contributed by atoms with Crippen molar-refractivity contribution in [2.24, 2.45) is 5.92 Å². The topological polar surface area (TPSA) is 50.7 Å². The molecule has 1 aromatic carbocycles. The zero-order valence-electron chi connectivity index (χ0n) is 12.0. The highest BCUT2D eigenvalue weighted by atomic mass is 35.5. The number of ether oxygens (including phenoxy) is 2. The molecule has 116 valence electrons. The second kappa shape index (κ2) is 6.97. The molecule has 1 saturated heterocycles.